The van der Waals surface area contributed by atoms with Crippen LogP contribution >= 0.6 is 0 Å². The minimum absolute atomic E-state index is 0.00122. The molecule has 0 radical (unpaired) electrons. The maximum Gasteiger partial charge on any atom is 0.245 e. The van der Waals surface area contributed by atoms with E-state index in [0.717, 1.165) is 30.6 Å². The maximum atomic E-state index is 13.3. The number of fused-ring (bicyclic) bond motifs is 1. The van der Waals surface area contributed by atoms with E-state index in [1.54, 1.807) is 0 Å². The number of hydrogen-bond donors (Lipinski definition) is 4. The summed E-state index contributed by atoms with van der Waals surface area (Å²) < 4.78 is 5.98. The highest BCUT2D eigenvalue weighted by Gasteiger charge is 2.35. The lowest BCUT2D eigenvalue weighted by molar-refractivity contribution is -0.145. The van der Waals surface area contributed by atoms with Crippen molar-refractivity contribution in [2.75, 3.05) is 33.3 Å². The molecule has 0 spiro atoms. The van der Waals surface area contributed by atoms with Crippen molar-refractivity contribution in [1.29, 1.82) is 0 Å². The van der Waals surface area contributed by atoms with Crippen LogP contribution < -0.4 is 20.7 Å². The van der Waals surface area contributed by atoms with Crippen LogP contribution in [0.4, 0.5) is 0 Å². The Labute approximate surface area is 238 Å². The lowest BCUT2D eigenvalue weighted by Crippen LogP contribution is -2.59. The summed E-state index contributed by atoms with van der Waals surface area (Å²) in [4.78, 5) is 39.5. The molecule has 9 heteroatoms. The van der Waals surface area contributed by atoms with E-state index in [1.165, 1.54) is 24.4 Å². The van der Waals surface area contributed by atoms with Crippen LogP contribution in [0.2, 0.25) is 0 Å². The predicted molar refractivity (Wildman–Crippen MR) is 157 cm³/mol. The summed E-state index contributed by atoms with van der Waals surface area (Å²) in [6.45, 7) is 8.55. The Morgan fingerprint density at radius 2 is 1.68 bits per heavy atom. The minimum Gasteiger partial charge on any atom is -0.492 e. The topological polar surface area (TPSA) is 120 Å². The molecule has 0 saturated carbocycles. The summed E-state index contributed by atoms with van der Waals surface area (Å²) in [5.41, 5.74) is 2.37. The fraction of sp³-hybridized carbons (Fsp3) is 0.516. The van der Waals surface area contributed by atoms with Crippen LogP contribution in [-0.2, 0) is 20.8 Å². The molecule has 0 aromatic heterocycles. The molecular weight excluding hydrogens is 508 g/mol. The molecule has 3 rings (SSSR count). The van der Waals surface area contributed by atoms with Gasteiger partial charge in [-0.2, -0.15) is 0 Å². The number of likely N-dealkylation sites (N-methyl/N-ethyl adjacent to an activating group) is 1. The van der Waals surface area contributed by atoms with E-state index in [9.17, 15) is 19.5 Å². The van der Waals surface area contributed by atoms with Crippen molar-refractivity contribution in [2.45, 2.75) is 65.1 Å². The van der Waals surface area contributed by atoms with Gasteiger partial charge in [-0.3, -0.25) is 14.4 Å². The summed E-state index contributed by atoms with van der Waals surface area (Å²) in [6.07, 6.45) is 1.11. The smallest absolute Gasteiger partial charge is 0.245 e. The third-order valence-electron chi connectivity index (χ3n) is 6.97. The Morgan fingerprint density at radius 3 is 2.30 bits per heavy atom. The Morgan fingerprint density at radius 1 is 1.00 bits per heavy atom. The van der Waals surface area contributed by atoms with Crippen LogP contribution in [0.25, 0.3) is 0 Å². The van der Waals surface area contributed by atoms with Gasteiger partial charge in [0, 0.05) is 20.1 Å². The molecule has 2 aromatic carbocycles. The van der Waals surface area contributed by atoms with Crippen molar-refractivity contribution in [2.24, 2.45) is 5.92 Å². The average Bonchev–Trinajstić information content (AvgIpc) is 2.94. The first-order valence-corrected chi connectivity index (χ1v) is 14.1. The number of ether oxygens (including phenoxy) is 1. The van der Waals surface area contributed by atoms with Crippen LogP contribution in [0.1, 0.15) is 44.7 Å². The van der Waals surface area contributed by atoms with Gasteiger partial charge in [0.1, 0.15) is 18.4 Å². The summed E-state index contributed by atoms with van der Waals surface area (Å²) >= 11 is 0. The van der Waals surface area contributed by atoms with Crippen molar-refractivity contribution in [3.8, 4) is 5.75 Å². The van der Waals surface area contributed by atoms with Crippen LogP contribution in [-0.4, -0.2) is 79.2 Å². The molecule has 1 heterocycles. The first kappa shape index (κ1) is 32.8. The zero-order valence-corrected chi connectivity index (χ0v) is 24.5. The van der Waals surface area contributed by atoms with Gasteiger partial charge in [0.05, 0.1) is 18.7 Å². The van der Waals surface area contributed by atoms with E-state index in [0.29, 0.717) is 19.7 Å². The van der Waals surface area contributed by atoms with Gasteiger partial charge in [0.25, 0.3) is 0 Å². The van der Waals surface area contributed by atoms with E-state index < -0.39 is 24.1 Å². The molecule has 4 atom stereocenters. The van der Waals surface area contributed by atoms with Crippen molar-refractivity contribution >= 4 is 17.7 Å². The van der Waals surface area contributed by atoms with Crippen molar-refractivity contribution in [3.05, 3.63) is 65.7 Å². The highest BCUT2D eigenvalue weighted by Crippen LogP contribution is 2.19. The van der Waals surface area contributed by atoms with Gasteiger partial charge in [-0.15, -0.1) is 0 Å². The quantitative estimate of drug-likeness (QED) is 0.463. The lowest BCUT2D eigenvalue weighted by Gasteiger charge is -2.34. The number of aliphatic hydroxyl groups is 1. The minimum atomic E-state index is -1.11. The number of nitrogens with one attached hydrogen (secondary N) is 3. The Balaban J connectivity index is 0.000000693. The monoisotopic (exact) mass is 554 g/mol. The third-order valence-corrected chi connectivity index (χ3v) is 6.97. The molecular formula is C31H46N4O5. The van der Waals surface area contributed by atoms with Gasteiger partial charge < -0.3 is 30.7 Å². The molecule has 0 aliphatic carbocycles. The highest BCUT2D eigenvalue weighted by atomic mass is 16.5. The number of benzene rings is 2. The predicted octanol–water partition coefficient (Wildman–Crippen LogP) is 2.45. The van der Waals surface area contributed by atoms with Crippen LogP contribution in [0, 0.1) is 12.8 Å². The molecule has 2 aromatic rings. The second-order valence-electron chi connectivity index (χ2n) is 10.2. The number of rotatable bonds is 3. The molecule has 0 fully saturated rings. The van der Waals surface area contributed by atoms with Crippen LogP contribution in [0.15, 0.2) is 54.6 Å². The fourth-order valence-corrected chi connectivity index (χ4v) is 4.44. The largest absolute Gasteiger partial charge is 0.492 e. The molecule has 0 bridgehead atoms. The first-order valence-electron chi connectivity index (χ1n) is 14.1. The third kappa shape index (κ3) is 10.6. The maximum absolute atomic E-state index is 13.3. The van der Waals surface area contributed by atoms with Gasteiger partial charge in [-0.25, -0.2) is 0 Å². The lowest BCUT2D eigenvalue weighted by atomic mass is 9.96. The van der Waals surface area contributed by atoms with E-state index in [1.807, 2.05) is 56.3 Å². The second-order valence-corrected chi connectivity index (χ2v) is 10.2. The molecule has 4 N–H and O–H groups in total. The zero-order chi connectivity index (χ0) is 29.5. The molecule has 220 valence electrons. The van der Waals surface area contributed by atoms with E-state index in [4.69, 9.17) is 4.74 Å². The van der Waals surface area contributed by atoms with Crippen molar-refractivity contribution in [3.63, 3.8) is 0 Å². The molecule has 9 nitrogen and oxygen atoms in total. The van der Waals surface area contributed by atoms with E-state index in [-0.39, 0.29) is 24.3 Å². The summed E-state index contributed by atoms with van der Waals surface area (Å²) in [6, 6.07) is 16.4. The number of amides is 3. The fourth-order valence-electron chi connectivity index (χ4n) is 4.44. The van der Waals surface area contributed by atoms with Crippen LogP contribution in [0.3, 0.4) is 0 Å². The Kier molecular flexibility index (Phi) is 14.2. The number of aliphatic hydroxyl groups excluding tert-OH is 1. The number of para-hydroxylation sites is 1. The molecule has 1 aliphatic rings. The molecule has 0 saturated heterocycles. The molecule has 1 aliphatic heterocycles. The first-order chi connectivity index (χ1) is 19.1. The Hall–Kier alpha value is -3.43. The van der Waals surface area contributed by atoms with Gasteiger partial charge >= 0.3 is 0 Å². The number of hydrogen-bond acceptors (Lipinski definition) is 6. The van der Waals surface area contributed by atoms with Crippen molar-refractivity contribution < 1.29 is 24.2 Å². The standard InChI is InChI=1S/C24H38N4O5.C7H8/c1-5-16(2)21-24(32)28(4)22(17(3)29)23(31)27-15-20(30)25-12-8-10-18-9-6-7-11-19(18)33-14-13-26-21;1-7-5-3-2-4-6-7/h6-7,9,11,16-17,21-22,26,29H,5,8,10,12-15H2,1-4H3,(H,25,30)(H,27,31);2-6H,1H3. The van der Waals surface area contributed by atoms with Gasteiger partial charge in [0.15, 0.2) is 0 Å². The summed E-state index contributed by atoms with van der Waals surface area (Å²) in [5, 5.41) is 18.8. The molecule has 3 amide bonds. The van der Waals surface area contributed by atoms with Crippen LogP contribution in [0.5, 0.6) is 5.75 Å². The second kappa shape index (κ2) is 17.3. The SMILES string of the molecule is CCC(C)C1NCCOc2ccccc2CCCNC(=O)CNC(=O)C(C(C)O)N(C)C1=O.Cc1ccccc1. The Bertz CT molecular complexity index is 1060. The summed E-state index contributed by atoms with van der Waals surface area (Å²) in [7, 11) is 1.50. The zero-order valence-electron chi connectivity index (χ0n) is 24.5. The molecule has 4 unspecified atom stereocenters. The number of aryl methyl sites for hydroxylation is 2. The number of carbonyl (C=O) groups is 3. The average molecular weight is 555 g/mol. The normalized spacial score (nSPS) is 21.1. The van der Waals surface area contributed by atoms with E-state index >= 15 is 0 Å². The van der Waals surface area contributed by atoms with E-state index in [2.05, 4.69) is 35.0 Å². The van der Waals surface area contributed by atoms with Crippen molar-refractivity contribution in [1.82, 2.24) is 20.9 Å². The number of nitrogens with zero attached hydrogens (tertiary/aromatic N) is 1. The van der Waals surface area contributed by atoms with Gasteiger partial charge in [-0.1, -0.05) is 74.4 Å². The van der Waals surface area contributed by atoms with Gasteiger partial charge in [-0.05, 0) is 44.2 Å². The molecule has 40 heavy (non-hydrogen) atoms. The number of carbonyl (C=O) groups excluding carboxylic acids is 3. The highest BCUT2D eigenvalue weighted by molar-refractivity contribution is 5.92. The summed E-state index contributed by atoms with van der Waals surface area (Å²) in [5.74, 6) is -0.404. The van der Waals surface area contributed by atoms with Gasteiger partial charge in [0.2, 0.25) is 17.7 Å².